The number of allylic oxidation sites excluding steroid dienone is 1. The number of aromatic nitrogens is 3. The van der Waals surface area contributed by atoms with Gasteiger partial charge in [0, 0.05) is 23.7 Å². The number of anilines is 1. The monoisotopic (exact) mass is 609 g/mol. The summed E-state index contributed by atoms with van der Waals surface area (Å²) in [5, 5.41) is 7.11. The standard InChI is InChI=1S/C30H26F3N5O4S/c1-4-8-17-9-6-7-10-21(17)41-15-18-11-12-22(42-18)28(40)36-25-24-19(20-14-38(5-2)37-16(20)3)13-23(30(31,32)33)35-29(24)43-26(25)27(34)39/h4,6-7,9-14H,1,5,8,15H2,2-3H3,(H2,34,39)(H,36,40). The smallest absolute Gasteiger partial charge is 0.433 e. The largest absolute Gasteiger partial charge is 0.485 e. The maximum absolute atomic E-state index is 13.8. The number of nitrogens with two attached hydrogens (primary N) is 1. The number of nitrogens with zero attached hydrogens (tertiary/aromatic N) is 3. The zero-order valence-electron chi connectivity index (χ0n) is 23.1. The highest BCUT2D eigenvalue weighted by Gasteiger charge is 2.35. The lowest BCUT2D eigenvalue weighted by Crippen LogP contribution is -2.16. The van der Waals surface area contributed by atoms with Crippen molar-refractivity contribution in [3.05, 3.63) is 94.7 Å². The summed E-state index contributed by atoms with van der Waals surface area (Å²) in [6.07, 6.45) is -0.799. The number of rotatable bonds is 10. The minimum absolute atomic E-state index is 0.0321. The number of fused-ring (bicyclic) bond motifs is 1. The van der Waals surface area contributed by atoms with Gasteiger partial charge in [0.2, 0.25) is 0 Å². The van der Waals surface area contributed by atoms with E-state index in [9.17, 15) is 22.8 Å². The molecule has 0 aliphatic carbocycles. The van der Waals surface area contributed by atoms with Gasteiger partial charge in [-0.15, -0.1) is 17.9 Å². The molecule has 3 N–H and O–H groups in total. The Bertz CT molecular complexity index is 1850. The first-order chi connectivity index (χ1) is 20.5. The Morgan fingerprint density at radius 1 is 1.21 bits per heavy atom. The maximum atomic E-state index is 13.8. The number of nitrogens with one attached hydrogen (secondary N) is 1. The van der Waals surface area contributed by atoms with Crippen molar-refractivity contribution in [2.24, 2.45) is 5.73 Å². The Balaban J connectivity index is 1.52. The van der Waals surface area contributed by atoms with Crippen LogP contribution in [0.2, 0.25) is 0 Å². The van der Waals surface area contributed by atoms with E-state index in [4.69, 9.17) is 14.9 Å². The van der Waals surface area contributed by atoms with Crippen molar-refractivity contribution in [1.82, 2.24) is 14.8 Å². The first-order valence-corrected chi connectivity index (χ1v) is 13.9. The number of amides is 2. The first-order valence-electron chi connectivity index (χ1n) is 13.1. The summed E-state index contributed by atoms with van der Waals surface area (Å²) in [5.41, 5.74) is 6.26. The van der Waals surface area contributed by atoms with E-state index in [1.165, 1.54) is 6.07 Å². The number of carbonyl (C=O) groups excluding carboxylic acids is 2. The fourth-order valence-corrected chi connectivity index (χ4v) is 5.57. The molecule has 0 aliphatic rings. The van der Waals surface area contributed by atoms with Gasteiger partial charge in [0.15, 0.2) is 5.76 Å². The summed E-state index contributed by atoms with van der Waals surface area (Å²) in [4.78, 5) is 29.2. The van der Waals surface area contributed by atoms with Crippen molar-refractivity contribution in [2.75, 3.05) is 5.32 Å². The van der Waals surface area contributed by atoms with Crippen molar-refractivity contribution in [1.29, 1.82) is 0 Å². The van der Waals surface area contributed by atoms with E-state index in [1.54, 1.807) is 29.9 Å². The summed E-state index contributed by atoms with van der Waals surface area (Å²) in [7, 11) is 0. The number of hydrogen-bond acceptors (Lipinski definition) is 7. The molecule has 2 amide bonds. The van der Waals surface area contributed by atoms with Gasteiger partial charge in [0.25, 0.3) is 11.8 Å². The summed E-state index contributed by atoms with van der Waals surface area (Å²) in [5.74, 6) is -0.800. The molecular weight excluding hydrogens is 583 g/mol. The van der Waals surface area contributed by atoms with Crippen LogP contribution in [0.3, 0.4) is 0 Å². The molecule has 0 unspecified atom stereocenters. The van der Waals surface area contributed by atoms with E-state index in [0.29, 0.717) is 47.1 Å². The number of thiophene rings is 1. The van der Waals surface area contributed by atoms with Crippen LogP contribution in [0.15, 0.2) is 65.7 Å². The van der Waals surface area contributed by atoms with Crippen molar-refractivity contribution in [2.45, 2.75) is 39.6 Å². The van der Waals surface area contributed by atoms with Crippen LogP contribution in [0.5, 0.6) is 5.75 Å². The molecule has 43 heavy (non-hydrogen) atoms. The molecule has 0 spiro atoms. The minimum atomic E-state index is -4.77. The molecule has 0 fully saturated rings. The average Bonchev–Trinajstić information content (AvgIpc) is 3.69. The van der Waals surface area contributed by atoms with Crippen molar-refractivity contribution in [3.8, 4) is 16.9 Å². The number of ether oxygens (including phenoxy) is 1. The second-order valence-corrected chi connectivity index (χ2v) is 10.5. The second kappa shape index (κ2) is 11.8. The highest BCUT2D eigenvalue weighted by Crippen LogP contribution is 2.44. The third-order valence-corrected chi connectivity index (χ3v) is 7.67. The molecule has 0 saturated carbocycles. The number of pyridine rings is 1. The molecule has 13 heteroatoms. The molecule has 0 bridgehead atoms. The Morgan fingerprint density at radius 3 is 2.65 bits per heavy atom. The zero-order valence-corrected chi connectivity index (χ0v) is 23.9. The molecule has 1 aromatic carbocycles. The van der Waals surface area contributed by atoms with E-state index in [-0.39, 0.29) is 38.7 Å². The van der Waals surface area contributed by atoms with E-state index < -0.39 is 23.7 Å². The Morgan fingerprint density at radius 2 is 1.98 bits per heavy atom. The predicted octanol–water partition coefficient (Wildman–Crippen LogP) is 6.76. The van der Waals surface area contributed by atoms with E-state index in [0.717, 1.165) is 11.6 Å². The quantitative estimate of drug-likeness (QED) is 0.169. The molecular formula is C30H26F3N5O4S. The lowest BCUT2D eigenvalue weighted by Gasteiger charge is -2.11. The van der Waals surface area contributed by atoms with Crippen LogP contribution < -0.4 is 15.8 Å². The van der Waals surface area contributed by atoms with Gasteiger partial charge >= 0.3 is 6.18 Å². The number of primary amides is 1. The summed E-state index contributed by atoms with van der Waals surface area (Å²) >= 11 is 0.658. The lowest BCUT2D eigenvalue weighted by molar-refractivity contribution is -0.140. The zero-order chi connectivity index (χ0) is 30.9. The van der Waals surface area contributed by atoms with Crippen LogP contribution >= 0.6 is 11.3 Å². The van der Waals surface area contributed by atoms with Crippen molar-refractivity contribution < 1.29 is 31.9 Å². The third-order valence-electron chi connectivity index (χ3n) is 6.57. The van der Waals surface area contributed by atoms with Gasteiger partial charge in [0.05, 0.1) is 11.4 Å². The number of para-hydroxylation sites is 1. The molecule has 4 heterocycles. The highest BCUT2D eigenvalue weighted by molar-refractivity contribution is 7.21. The van der Waals surface area contributed by atoms with E-state index in [1.807, 2.05) is 31.2 Å². The Hall–Kier alpha value is -4.91. The molecule has 0 radical (unpaired) electrons. The molecule has 222 valence electrons. The number of hydrogen-bond donors (Lipinski definition) is 2. The summed E-state index contributed by atoms with van der Waals surface area (Å²) < 4.78 is 54.7. The molecule has 5 aromatic rings. The highest BCUT2D eigenvalue weighted by atomic mass is 32.1. The van der Waals surface area contributed by atoms with Crippen molar-refractivity contribution in [3.63, 3.8) is 0 Å². The third kappa shape index (κ3) is 6.02. The van der Waals surface area contributed by atoms with Gasteiger partial charge in [-0.1, -0.05) is 24.3 Å². The van der Waals surface area contributed by atoms with Crippen LogP contribution in [-0.4, -0.2) is 26.6 Å². The van der Waals surface area contributed by atoms with Crippen LogP contribution in [0.1, 0.15) is 49.9 Å². The minimum Gasteiger partial charge on any atom is -0.485 e. The fourth-order valence-electron chi connectivity index (χ4n) is 4.56. The van der Waals surface area contributed by atoms with Crippen LogP contribution in [0, 0.1) is 6.92 Å². The van der Waals surface area contributed by atoms with Gasteiger partial charge in [-0.3, -0.25) is 14.3 Å². The van der Waals surface area contributed by atoms with Gasteiger partial charge in [0.1, 0.15) is 33.5 Å². The SMILES string of the molecule is C=CCc1ccccc1OCc1ccc(C(=O)Nc2c(C(N)=O)sc3nc(C(F)(F)F)cc(-c4cn(CC)nc4C)c23)o1. The lowest BCUT2D eigenvalue weighted by atomic mass is 10.0. The van der Waals surface area contributed by atoms with Crippen LogP contribution in [-0.2, 0) is 25.7 Å². The molecule has 9 nitrogen and oxygen atoms in total. The molecule has 5 rings (SSSR count). The number of alkyl halides is 3. The fraction of sp³-hybridized carbons (Fsp3) is 0.200. The number of furan rings is 1. The molecule has 0 aliphatic heterocycles. The van der Waals surface area contributed by atoms with Gasteiger partial charge in [-0.2, -0.15) is 18.3 Å². The van der Waals surface area contributed by atoms with E-state index in [2.05, 4.69) is 22.0 Å². The number of aryl methyl sites for hydroxylation is 2. The van der Waals surface area contributed by atoms with Crippen molar-refractivity contribution >= 4 is 39.1 Å². The summed E-state index contributed by atoms with van der Waals surface area (Å²) in [6.45, 7) is 7.75. The average molecular weight is 610 g/mol. The molecule has 0 atom stereocenters. The molecule has 4 aromatic heterocycles. The summed E-state index contributed by atoms with van der Waals surface area (Å²) in [6, 6.07) is 11.3. The van der Waals surface area contributed by atoms with Gasteiger partial charge in [-0.25, -0.2) is 4.98 Å². The number of halogens is 3. The molecule has 0 saturated heterocycles. The first kappa shape index (κ1) is 29.6. The Labute approximate surface area is 247 Å². The topological polar surface area (TPSA) is 125 Å². The number of carbonyl (C=O) groups is 2. The number of benzene rings is 1. The normalized spacial score (nSPS) is 11.6. The van der Waals surface area contributed by atoms with Crippen LogP contribution in [0.4, 0.5) is 18.9 Å². The predicted molar refractivity (Wildman–Crippen MR) is 156 cm³/mol. The van der Waals surface area contributed by atoms with Gasteiger partial charge < -0.3 is 20.2 Å². The van der Waals surface area contributed by atoms with Crippen LogP contribution in [0.25, 0.3) is 21.3 Å². The van der Waals surface area contributed by atoms with E-state index >= 15 is 0 Å². The van der Waals surface area contributed by atoms with Gasteiger partial charge in [-0.05, 0) is 55.7 Å². The second-order valence-electron chi connectivity index (χ2n) is 9.50. The Kier molecular flexibility index (Phi) is 8.09. The maximum Gasteiger partial charge on any atom is 0.433 e.